The molecule has 1 aromatic heterocycles. The average Bonchev–Trinajstić information content (AvgIpc) is 3.38. The second kappa shape index (κ2) is 7.54. The molecule has 32 heavy (non-hydrogen) atoms. The molecule has 8 nitrogen and oxygen atoms in total. The van der Waals surface area contributed by atoms with Gasteiger partial charge < -0.3 is 15.1 Å². The van der Waals surface area contributed by atoms with E-state index in [0.717, 1.165) is 9.69 Å². The highest BCUT2D eigenvalue weighted by molar-refractivity contribution is 7.93. The normalized spacial score (nSPS) is 13.8. The van der Waals surface area contributed by atoms with E-state index in [0.29, 0.717) is 22.4 Å². The summed E-state index contributed by atoms with van der Waals surface area (Å²) in [5.74, 6) is -0.771. The van der Waals surface area contributed by atoms with Crippen LogP contribution in [0.1, 0.15) is 10.6 Å². The van der Waals surface area contributed by atoms with E-state index in [2.05, 4.69) is 10.6 Å². The number of sulfonamides is 1. The molecule has 1 aliphatic heterocycles. The lowest BCUT2D eigenvalue weighted by atomic mass is 10.1. The molecule has 2 N–H and O–H groups in total. The van der Waals surface area contributed by atoms with Crippen molar-refractivity contribution < 1.29 is 22.4 Å². The van der Waals surface area contributed by atoms with Crippen molar-refractivity contribution in [2.75, 3.05) is 21.5 Å². The molecule has 1 aliphatic rings. The minimum atomic E-state index is -3.83. The number of benzene rings is 3. The van der Waals surface area contributed by atoms with E-state index < -0.39 is 21.8 Å². The predicted octanol–water partition coefficient (Wildman–Crippen LogP) is 3.83. The highest BCUT2D eigenvalue weighted by atomic mass is 32.2. The molecule has 0 atom stereocenters. The van der Waals surface area contributed by atoms with Crippen LogP contribution in [0.15, 0.2) is 88.4 Å². The van der Waals surface area contributed by atoms with Crippen LogP contribution < -0.4 is 14.9 Å². The molecule has 0 saturated carbocycles. The van der Waals surface area contributed by atoms with Gasteiger partial charge in [-0.25, -0.2) is 8.42 Å². The monoisotopic (exact) mass is 447 g/mol. The van der Waals surface area contributed by atoms with Gasteiger partial charge in [0.05, 0.1) is 16.8 Å². The maximum atomic E-state index is 13.0. The fourth-order valence-corrected chi connectivity index (χ4v) is 5.40. The second-order valence-corrected chi connectivity index (χ2v) is 9.03. The molecule has 0 bridgehead atoms. The van der Waals surface area contributed by atoms with E-state index in [1.54, 1.807) is 54.6 Å². The number of nitrogens with zero attached hydrogens (tertiary/aromatic N) is 1. The molecule has 9 heteroatoms. The van der Waals surface area contributed by atoms with Gasteiger partial charge >= 0.3 is 0 Å². The zero-order chi connectivity index (χ0) is 22.3. The predicted molar refractivity (Wildman–Crippen MR) is 120 cm³/mol. The summed E-state index contributed by atoms with van der Waals surface area (Å²) in [5.41, 5.74) is 1.35. The van der Waals surface area contributed by atoms with Crippen LogP contribution in [-0.4, -0.2) is 26.8 Å². The third-order valence-corrected chi connectivity index (χ3v) is 6.92. The van der Waals surface area contributed by atoms with Crippen molar-refractivity contribution in [3.05, 3.63) is 84.8 Å². The first-order chi connectivity index (χ1) is 15.4. The van der Waals surface area contributed by atoms with E-state index in [-0.39, 0.29) is 17.2 Å². The Hall–Kier alpha value is -4.11. The van der Waals surface area contributed by atoms with Gasteiger partial charge in [-0.3, -0.25) is 13.9 Å². The summed E-state index contributed by atoms with van der Waals surface area (Å²) in [6.07, 6.45) is 1.40. The molecule has 0 saturated heterocycles. The van der Waals surface area contributed by atoms with E-state index in [4.69, 9.17) is 4.42 Å². The fraction of sp³-hybridized carbons (Fsp3) is 0.0435. The van der Waals surface area contributed by atoms with Crippen LogP contribution in [0, 0.1) is 0 Å². The van der Waals surface area contributed by atoms with Crippen LogP contribution in [0.25, 0.3) is 10.8 Å². The third kappa shape index (κ3) is 3.38. The van der Waals surface area contributed by atoms with E-state index >= 15 is 0 Å². The number of nitrogens with one attached hydrogen (secondary N) is 2. The van der Waals surface area contributed by atoms with Gasteiger partial charge in [0, 0.05) is 16.8 Å². The topological polar surface area (TPSA) is 109 Å². The number of hydrogen-bond donors (Lipinski definition) is 2. The molecule has 0 radical (unpaired) electrons. The quantitative estimate of drug-likeness (QED) is 0.483. The lowest BCUT2D eigenvalue weighted by Gasteiger charge is -2.18. The average molecular weight is 447 g/mol. The number of carbonyl (C=O) groups excluding carboxylic acids is 2. The van der Waals surface area contributed by atoms with Gasteiger partial charge in [0.1, 0.15) is 6.54 Å². The Morgan fingerprint density at radius 2 is 1.59 bits per heavy atom. The second-order valence-electron chi connectivity index (χ2n) is 7.20. The highest BCUT2D eigenvalue weighted by Crippen LogP contribution is 2.41. The van der Waals surface area contributed by atoms with E-state index in [9.17, 15) is 18.0 Å². The largest absolute Gasteiger partial charge is 0.459 e. The summed E-state index contributed by atoms with van der Waals surface area (Å²) in [5, 5.41) is 6.79. The van der Waals surface area contributed by atoms with Gasteiger partial charge in [0.15, 0.2) is 5.76 Å². The van der Waals surface area contributed by atoms with Crippen molar-refractivity contribution in [3.63, 3.8) is 0 Å². The summed E-state index contributed by atoms with van der Waals surface area (Å²) >= 11 is 0. The van der Waals surface area contributed by atoms with Gasteiger partial charge in [0.25, 0.3) is 15.9 Å². The summed E-state index contributed by atoms with van der Waals surface area (Å²) < 4.78 is 32.2. The van der Waals surface area contributed by atoms with Crippen LogP contribution in [-0.2, 0) is 14.8 Å². The molecule has 0 fully saturated rings. The maximum absolute atomic E-state index is 13.0. The Kier molecular flexibility index (Phi) is 4.67. The highest BCUT2D eigenvalue weighted by Gasteiger charge is 2.36. The Balaban J connectivity index is 1.34. The Morgan fingerprint density at radius 1 is 0.875 bits per heavy atom. The number of hydrogen-bond acceptors (Lipinski definition) is 5. The zero-order valence-electron chi connectivity index (χ0n) is 16.6. The van der Waals surface area contributed by atoms with Gasteiger partial charge in [-0.1, -0.05) is 30.3 Å². The Labute approximate surface area is 183 Å². The molecular formula is C23H17N3O5S. The first-order valence-electron chi connectivity index (χ1n) is 9.73. The number of rotatable bonds is 5. The summed E-state index contributed by atoms with van der Waals surface area (Å²) in [6.45, 7) is -0.376. The van der Waals surface area contributed by atoms with Gasteiger partial charge in [-0.2, -0.15) is 0 Å². The van der Waals surface area contributed by atoms with Crippen molar-refractivity contribution in [2.45, 2.75) is 4.90 Å². The van der Waals surface area contributed by atoms with Crippen LogP contribution in [0.3, 0.4) is 0 Å². The lowest BCUT2D eigenvalue weighted by molar-refractivity contribution is -0.114. The third-order valence-electron chi connectivity index (χ3n) is 5.12. The van der Waals surface area contributed by atoms with Crippen LogP contribution in [0.5, 0.6) is 0 Å². The zero-order valence-corrected chi connectivity index (χ0v) is 17.4. The van der Waals surface area contributed by atoms with E-state index in [1.807, 2.05) is 12.1 Å². The van der Waals surface area contributed by atoms with Crippen molar-refractivity contribution >= 4 is 49.7 Å². The van der Waals surface area contributed by atoms with Gasteiger partial charge in [0.2, 0.25) is 5.91 Å². The van der Waals surface area contributed by atoms with Crippen molar-refractivity contribution in [2.24, 2.45) is 0 Å². The van der Waals surface area contributed by atoms with Gasteiger partial charge in [-0.15, -0.1) is 0 Å². The molecule has 2 heterocycles. The fourth-order valence-electron chi connectivity index (χ4n) is 3.73. The Bertz CT molecular complexity index is 1460. The number of furan rings is 1. The van der Waals surface area contributed by atoms with Crippen LogP contribution in [0.4, 0.5) is 17.1 Å². The molecular weight excluding hydrogens is 430 g/mol. The van der Waals surface area contributed by atoms with Crippen LogP contribution >= 0.6 is 0 Å². The maximum Gasteiger partial charge on any atom is 0.291 e. The standard InChI is InChI=1S/C23H17N3O5S/c27-21(24-16-7-3-8-17(13-16)25-23(28)19-10-4-12-31-19)14-26-18-9-1-5-15-6-2-11-20(22(15)18)32(26,29)30/h1-13H,14H2,(H,24,27)(H,25,28). The number of carbonyl (C=O) groups is 2. The molecule has 160 valence electrons. The Morgan fingerprint density at radius 3 is 2.34 bits per heavy atom. The first kappa shape index (κ1) is 19.8. The summed E-state index contributed by atoms with van der Waals surface area (Å²) in [6, 6.07) is 20.1. The van der Waals surface area contributed by atoms with Crippen molar-refractivity contribution in [1.29, 1.82) is 0 Å². The first-order valence-corrected chi connectivity index (χ1v) is 11.2. The lowest BCUT2D eigenvalue weighted by Crippen LogP contribution is -2.35. The van der Waals surface area contributed by atoms with E-state index in [1.165, 1.54) is 12.3 Å². The number of anilines is 3. The molecule has 4 aromatic rings. The molecule has 0 spiro atoms. The van der Waals surface area contributed by atoms with Crippen molar-refractivity contribution in [3.8, 4) is 0 Å². The molecule has 5 rings (SSSR count). The summed E-state index contributed by atoms with van der Waals surface area (Å²) in [4.78, 5) is 25.1. The summed E-state index contributed by atoms with van der Waals surface area (Å²) in [7, 11) is -3.83. The molecule has 2 amide bonds. The van der Waals surface area contributed by atoms with Crippen LogP contribution in [0.2, 0.25) is 0 Å². The minimum Gasteiger partial charge on any atom is -0.459 e. The number of amides is 2. The molecule has 0 aliphatic carbocycles. The molecule has 3 aromatic carbocycles. The smallest absolute Gasteiger partial charge is 0.291 e. The van der Waals surface area contributed by atoms with Crippen molar-refractivity contribution in [1.82, 2.24) is 0 Å². The van der Waals surface area contributed by atoms with Gasteiger partial charge in [-0.05, 0) is 47.9 Å². The SMILES string of the molecule is O=C(CN1c2cccc3cccc(c23)S1(=O)=O)Nc1cccc(NC(=O)c2ccco2)c1. The minimum absolute atomic E-state index is 0.160. The molecule has 0 unspecified atom stereocenters.